The van der Waals surface area contributed by atoms with Crippen LogP contribution in [0.25, 0.3) is 0 Å². The van der Waals surface area contributed by atoms with Crippen molar-refractivity contribution in [1.82, 2.24) is 4.31 Å². The predicted molar refractivity (Wildman–Crippen MR) is 79.2 cm³/mol. The van der Waals surface area contributed by atoms with E-state index in [1.165, 1.54) is 16.4 Å². The van der Waals surface area contributed by atoms with Crippen LogP contribution in [0.15, 0.2) is 23.1 Å². The van der Waals surface area contributed by atoms with Gasteiger partial charge in [0, 0.05) is 18.1 Å². The fraction of sp³-hybridized carbons (Fsp3) is 0.500. The summed E-state index contributed by atoms with van der Waals surface area (Å²) in [5.41, 5.74) is 5.41. The summed E-state index contributed by atoms with van der Waals surface area (Å²) in [6.45, 7) is 3.01. The van der Waals surface area contributed by atoms with Gasteiger partial charge in [0.25, 0.3) is 0 Å². The number of benzene rings is 1. The third-order valence-electron chi connectivity index (χ3n) is 3.53. The summed E-state index contributed by atoms with van der Waals surface area (Å²) >= 11 is 5.63. The Labute approximate surface area is 129 Å². The van der Waals surface area contributed by atoms with Gasteiger partial charge in [-0.25, -0.2) is 12.8 Å². The molecule has 1 heterocycles. The minimum Gasteiger partial charge on any atom is -0.330 e. The molecule has 1 fully saturated rings. The van der Waals surface area contributed by atoms with Crippen molar-refractivity contribution in [3.05, 3.63) is 29.0 Å². The number of rotatable bonds is 3. The molecule has 0 amide bonds. The molecule has 1 aliphatic heterocycles. The van der Waals surface area contributed by atoms with Crippen LogP contribution in [0, 0.1) is 11.2 Å². The van der Waals surface area contributed by atoms with Crippen LogP contribution in [0.1, 0.15) is 13.3 Å². The van der Waals surface area contributed by atoms with Crippen molar-refractivity contribution in [2.45, 2.75) is 18.2 Å². The fourth-order valence-corrected chi connectivity index (χ4v) is 3.97. The van der Waals surface area contributed by atoms with Crippen molar-refractivity contribution in [2.75, 3.05) is 19.6 Å². The van der Waals surface area contributed by atoms with Crippen molar-refractivity contribution in [3.63, 3.8) is 0 Å². The second kappa shape index (κ2) is 6.15. The number of halogens is 3. The van der Waals surface area contributed by atoms with Crippen molar-refractivity contribution < 1.29 is 12.8 Å². The maximum absolute atomic E-state index is 13.8. The third kappa shape index (κ3) is 3.26. The molecule has 114 valence electrons. The molecule has 1 saturated heterocycles. The van der Waals surface area contributed by atoms with Gasteiger partial charge in [0.15, 0.2) is 0 Å². The molecular formula is C12H17Cl2FN2O2S. The van der Waals surface area contributed by atoms with Gasteiger partial charge in [-0.05, 0) is 36.6 Å². The van der Waals surface area contributed by atoms with Crippen molar-refractivity contribution in [3.8, 4) is 0 Å². The van der Waals surface area contributed by atoms with Crippen LogP contribution in [0.4, 0.5) is 4.39 Å². The molecule has 4 nitrogen and oxygen atoms in total. The lowest BCUT2D eigenvalue weighted by molar-refractivity contribution is 0.349. The molecule has 8 heteroatoms. The largest absolute Gasteiger partial charge is 0.330 e. The highest BCUT2D eigenvalue weighted by Crippen LogP contribution is 2.33. The zero-order chi connectivity index (χ0) is 14.3. The summed E-state index contributed by atoms with van der Waals surface area (Å²) in [6, 6.07) is 3.58. The van der Waals surface area contributed by atoms with E-state index in [2.05, 4.69) is 0 Å². The van der Waals surface area contributed by atoms with Gasteiger partial charge in [0.2, 0.25) is 10.0 Å². The van der Waals surface area contributed by atoms with Gasteiger partial charge in [0.05, 0.1) is 0 Å². The molecular weight excluding hydrogens is 326 g/mol. The van der Waals surface area contributed by atoms with Crippen LogP contribution in [0.2, 0.25) is 5.02 Å². The molecule has 2 rings (SSSR count). The summed E-state index contributed by atoms with van der Waals surface area (Å²) < 4.78 is 39.8. The lowest BCUT2D eigenvalue weighted by Gasteiger charge is -2.22. The number of hydrogen-bond donors (Lipinski definition) is 1. The first-order valence-corrected chi connectivity index (χ1v) is 7.76. The summed E-state index contributed by atoms with van der Waals surface area (Å²) in [4.78, 5) is -0.335. The normalized spacial score (nSPS) is 23.6. The molecule has 0 bridgehead atoms. The van der Waals surface area contributed by atoms with E-state index in [-0.39, 0.29) is 27.7 Å². The van der Waals surface area contributed by atoms with Crippen molar-refractivity contribution in [2.24, 2.45) is 11.1 Å². The van der Waals surface area contributed by atoms with Crippen molar-refractivity contribution >= 4 is 34.0 Å². The van der Waals surface area contributed by atoms with E-state index in [0.29, 0.717) is 26.1 Å². The zero-order valence-electron chi connectivity index (χ0n) is 11.0. The molecule has 2 N–H and O–H groups in total. The van der Waals surface area contributed by atoms with Gasteiger partial charge in [-0.1, -0.05) is 18.5 Å². The number of sulfonamides is 1. The Morgan fingerprint density at radius 3 is 2.65 bits per heavy atom. The molecule has 20 heavy (non-hydrogen) atoms. The molecule has 1 aliphatic rings. The van der Waals surface area contributed by atoms with Crippen LogP contribution >= 0.6 is 24.0 Å². The van der Waals surface area contributed by atoms with E-state index in [4.69, 9.17) is 17.3 Å². The Bertz CT molecular complexity index is 597. The Morgan fingerprint density at radius 2 is 2.15 bits per heavy atom. The number of nitrogens with two attached hydrogens (primary N) is 1. The third-order valence-corrected chi connectivity index (χ3v) is 5.64. The lowest BCUT2D eigenvalue weighted by atomic mass is 9.90. The van der Waals surface area contributed by atoms with E-state index >= 15 is 0 Å². The highest BCUT2D eigenvalue weighted by molar-refractivity contribution is 7.89. The first-order valence-electron chi connectivity index (χ1n) is 5.94. The van der Waals surface area contributed by atoms with E-state index in [0.717, 1.165) is 6.07 Å². The molecule has 0 saturated carbocycles. The quantitative estimate of drug-likeness (QED) is 0.916. The zero-order valence-corrected chi connectivity index (χ0v) is 13.4. The van der Waals surface area contributed by atoms with Crippen LogP contribution in [-0.4, -0.2) is 32.4 Å². The summed E-state index contributed by atoms with van der Waals surface area (Å²) in [5.74, 6) is -0.825. The van der Waals surface area contributed by atoms with Crippen LogP contribution in [0.5, 0.6) is 0 Å². The van der Waals surface area contributed by atoms with E-state index in [1.807, 2.05) is 6.92 Å². The monoisotopic (exact) mass is 342 g/mol. The number of hydrogen-bond acceptors (Lipinski definition) is 3. The van der Waals surface area contributed by atoms with Gasteiger partial charge >= 0.3 is 0 Å². The first-order chi connectivity index (χ1) is 8.78. The first kappa shape index (κ1) is 17.7. The Morgan fingerprint density at radius 1 is 1.50 bits per heavy atom. The Balaban J connectivity index is 0.00000200. The maximum atomic E-state index is 13.8. The summed E-state index contributed by atoms with van der Waals surface area (Å²) in [7, 11) is -3.82. The molecule has 1 atom stereocenters. The van der Waals surface area contributed by atoms with Gasteiger partial charge in [0.1, 0.15) is 10.7 Å². The van der Waals surface area contributed by atoms with Gasteiger partial charge in [-0.2, -0.15) is 4.31 Å². The van der Waals surface area contributed by atoms with Gasteiger partial charge < -0.3 is 5.73 Å². The summed E-state index contributed by atoms with van der Waals surface area (Å²) in [6.07, 6.45) is 0.679. The SMILES string of the molecule is CC1(CN)CCN(S(=O)(=O)c2ccc(Cl)cc2F)C1.Cl. The van der Waals surface area contributed by atoms with E-state index < -0.39 is 15.8 Å². The minimum atomic E-state index is -3.82. The predicted octanol–water partition coefficient (Wildman–Crippen LogP) is 2.26. The molecule has 0 aliphatic carbocycles. The summed E-state index contributed by atoms with van der Waals surface area (Å²) in [5, 5.41) is 0.171. The maximum Gasteiger partial charge on any atom is 0.246 e. The molecule has 1 aromatic carbocycles. The average molecular weight is 343 g/mol. The van der Waals surface area contributed by atoms with Crippen LogP contribution in [0.3, 0.4) is 0 Å². The molecule has 0 radical (unpaired) electrons. The Kier molecular flexibility index (Phi) is 5.43. The Hall–Kier alpha value is -0.400. The highest BCUT2D eigenvalue weighted by Gasteiger charge is 2.39. The van der Waals surface area contributed by atoms with Crippen LogP contribution < -0.4 is 5.73 Å². The molecule has 1 aromatic rings. The smallest absolute Gasteiger partial charge is 0.246 e. The molecule has 0 aromatic heterocycles. The van der Waals surface area contributed by atoms with Gasteiger partial charge in [-0.3, -0.25) is 0 Å². The molecule has 1 unspecified atom stereocenters. The van der Waals surface area contributed by atoms with Crippen LogP contribution in [-0.2, 0) is 10.0 Å². The second-order valence-electron chi connectivity index (χ2n) is 5.18. The standard InChI is InChI=1S/C12H16ClFN2O2S.ClH/c1-12(7-15)4-5-16(8-12)19(17,18)11-3-2-9(13)6-10(11)14;/h2-3,6H,4-5,7-8,15H2,1H3;1H. The molecule has 0 spiro atoms. The van der Waals surface area contributed by atoms with Gasteiger partial charge in [-0.15, -0.1) is 12.4 Å². The second-order valence-corrected chi connectivity index (χ2v) is 7.52. The topological polar surface area (TPSA) is 63.4 Å². The lowest BCUT2D eigenvalue weighted by Crippen LogP contribution is -2.34. The average Bonchev–Trinajstić information content (AvgIpc) is 2.73. The minimum absolute atomic E-state index is 0. The van der Waals surface area contributed by atoms with E-state index in [9.17, 15) is 12.8 Å². The number of nitrogens with zero attached hydrogens (tertiary/aromatic N) is 1. The highest BCUT2D eigenvalue weighted by atomic mass is 35.5. The van der Waals surface area contributed by atoms with E-state index in [1.54, 1.807) is 0 Å². The van der Waals surface area contributed by atoms with Crippen molar-refractivity contribution in [1.29, 1.82) is 0 Å². The fourth-order valence-electron chi connectivity index (χ4n) is 2.17.